The Hall–Kier alpha value is -2.41. The molecule has 0 aliphatic rings. The third kappa shape index (κ3) is 4.32. The number of carbonyl (C=O) groups is 1. The van der Waals surface area contributed by atoms with Gasteiger partial charge in [-0.15, -0.1) is 0 Å². The van der Waals surface area contributed by atoms with E-state index in [1.165, 1.54) is 49.5 Å². The highest BCUT2D eigenvalue weighted by Crippen LogP contribution is 2.27. The van der Waals surface area contributed by atoms with E-state index in [0.717, 1.165) is 6.07 Å². The van der Waals surface area contributed by atoms with E-state index in [1.54, 1.807) is 0 Å². The monoisotopic (exact) mass is 338 g/mol. The molecule has 2 atom stereocenters. The lowest BCUT2D eigenvalue weighted by atomic mass is 10.0. The SMILES string of the molecule is C[C@H](C[C@@H](O)c1ccc(F)cc1)NC(=O)C(F)(F)c1ccccn1. The lowest BCUT2D eigenvalue weighted by Crippen LogP contribution is -2.43. The summed E-state index contributed by atoms with van der Waals surface area (Å²) in [4.78, 5) is 15.3. The second-order valence-corrected chi connectivity index (χ2v) is 5.47. The lowest BCUT2D eigenvalue weighted by Gasteiger charge is -2.21. The maximum atomic E-state index is 14.0. The van der Waals surface area contributed by atoms with Crippen molar-refractivity contribution in [3.8, 4) is 0 Å². The van der Waals surface area contributed by atoms with Crippen LogP contribution in [0, 0.1) is 5.82 Å². The van der Waals surface area contributed by atoms with Crippen molar-refractivity contribution in [1.29, 1.82) is 0 Å². The molecule has 0 unspecified atom stereocenters. The number of amides is 1. The van der Waals surface area contributed by atoms with Crippen molar-refractivity contribution < 1.29 is 23.1 Å². The predicted molar refractivity (Wildman–Crippen MR) is 81.7 cm³/mol. The second-order valence-electron chi connectivity index (χ2n) is 5.47. The number of aromatic nitrogens is 1. The van der Waals surface area contributed by atoms with Gasteiger partial charge in [-0.1, -0.05) is 18.2 Å². The molecule has 0 saturated carbocycles. The molecule has 2 N–H and O–H groups in total. The Balaban J connectivity index is 1.97. The first kappa shape index (κ1) is 17.9. The van der Waals surface area contributed by atoms with Crippen molar-refractivity contribution in [2.45, 2.75) is 31.4 Å². The number of hydrogen-bond acceptors (Lipinski definition) is 3. The van der Waals surface area contributed by atoms with E-state index >= 15 is 0 Å². The van der Waals surface area contributed by atoms with Crippen molar-refractivity contribution in [3.05, 3.63) is 65.7 Å². The summed E-state index contributed by atoms with van der Waals surface area (Å²) in [6.45, 7) is 1.50. The first-order chi connectivity index (χ1) is 11.3. The summed E-state index contributed by atoms with van der Waals surface area (Å²) >= 11 is 0. The zero-order chi connectivity index (χ0) is 17.7. The smallest absolute Gasteiger partial charge is 0.366 e. The minimum Gasteiger partial charge on any atom is -0.388 e. The fourth-order valence-electron chi connectivity index (χ4n) is 2.19. The summed E-state index contributed by atoms with van der Waals surface area (Å²) in [5.74, 6) is -5.70. The number of benzene rings is 1. The number of aliphatic hydroxyl groups is 1. The molecule has 0 bridgehead atoms. The van der Waals surface area contributed by atoms with Crippen LogP contribution in [0.3, 0.4) is 0 Å². The van der Waals surface area contributed by atoms with Crippen molar-refractivity contribution in [2.24, 2.45) is 0 Å². The number of pyridine rings is 1. The number of aliphatic hydroxyl groups excluding tert-OH is 1. The van der Waals surface area contributed by atoms with Gasteiger partial charge in [-0.25, -0.2) is 4.39 Å². The summed E-state index contributed by atoms with van der Waals surface area (Å²) in [6.07, 6.45) is 0.179. The highest BCUT2D eigenvalue weighted by atomic mass is 19.3. The minimum atomic E-state index is -3.77. The normalized spacial score (nSPS) is 14.0. The highest BCUT2D eigenvalue weighted by Gasteiger charge is 2.42. The standard InChI is InChI=1S/C17H17F3N2O2/c1-11(10-14(23)12-5-7-13(18)8-6-12)22-16(24)17(19,20)15-4-2-3-9-21-15/h2-9,11,14,23H,10H2,1H3,(H,22,24)/t11-,14-/m1/s1. The first-order valence-electron chi connectivity index (χ1n) is 7.34. The topological polar surface area (TPSA) is 62.2 Å². The lowest BCUT2D eigenvalue weighted by molar-refractivity contribution is -0.148. The van der Waals surface area contributed by atoms with Crippen LogP contribution in [0.2, 0.25) is 0 Å². The van der Waals surface area contributed by atoms with Gasteiger partial charge >= 0.3 is 5.92 Å². The number of nitrogens with one attached hydrogen (secondary N) is 1. The third-order valence-corrected chi connectivity index (χ3v) is 3.48. The molecule has 0 aliphatic carbocycles. The van der Waals surface area contributed by atoms with Crippen LogP contribution in [-0.4, -0.2) is 22.0 Å². The molecule has 7 heteroatoms. The molecule has 1 amide bonds. The Morgan fingerprint density at radius 1 is 1.25 bits per heavy atom. The van der Waals surface area contributed by atoms with Gasteiger partial charge < -0.3 is 10.4 Å². The Kier molecular flexibility index (Phi) is 5.56. The molecular weight excluding hydrogens is 321 g/mol. The van der Waals surface area contributed by atoms with Crippen molar-refractivity contribution in [2.75, 3.05) is 0 Å². The first-order valence-corrected chi connectivity index (χ1v) is 7.34. The van der Waals surface area contributed by atoms with Crippen LogP contribution in [-0.2, 0) is 10.7 Å². The van der Waals surface area contributed by atoms with Crippen LogP contribution in [0.4, 0.5) is 13.2 Å². The largest absolute Gasteiger partial charge is 0.388 e. The summed E-state index contributed by atoms with van der Waals surface area (Å²) in [5, 5.41) is 12.2. The van der Waals surface area contributed by atoms with Gasteiger partial charge in [-0.2, -0.15) is 8.78 Å². The van der Waals surface area contributed by atoms with Crippen LogP contribution in [0.25, 0.3) is 0 Å². The zero-order valence-electron chi connectivity index (χ0n) is 12.9. The fourth-order valence-corrected chi connectivity index (χ4v) is 2.19. The summed E-state index contributed by atoms with van der Waals surface area (Å²) in [5.41, 5.74) is -0.206. The summed E-state index contributed by atoms with van der Waals surface area (Å²) in [7, 11) is 0. The van der Waals surface area contributed by atoms with Crippen LogP contribution in [0.5, 0.6) is 0 Å². The molecule has 0 radical (unpaired) electrons. The van der Waals surface area contributed by atoms with Gasteiger partial charge in [-0.05, 0) is 43.2 Å². The highest BCUT2D eigenvalue weighted by molar-refractivity contribution is 5.84. The van der Waals surface area contributed by atoms with Crippen molar-refractivity contribution in [1.82, 2.24) is 10.3 Å². The minimum absolute atomic E-state index is 0.00959. The predicted octanol–water partition coefficient (Wildman–Crippen LogP) is 2.94. The molecule has 0 saturated heterocycles. The van der Waals surface area contributed by atoms with E-state index in [9.17, 15) is 23.1 Å². The Morgan fingerprint density at radius 3 is 2.50 bits per heavy atom. The molecule has 2 rings (SSSR count). The molecule has 1 aromatic carbocycles. The molecular formula is C17H17F3N2O2. The maximum absolute atomic E-state index is 14.0. The average molecular weight is 338 g/mol. The van der Waals surface area contributed by atoms with E-state index < -0.39 is 35.5 Å². The van der Waals surface area contributed by atoms with Gasteiger partial charge in [0.25, 0.3) is 5.91 Å². The van der Waals surface area contributed by atoms with Gasteiger partial charge in [0.2, 0.25) is 0 Å². The van der Waals surface area contributed by atoms with E-state index in [4.69, 9.17) is 0 Å². The number of rotatable bonds is 6. The average Bonchev–Trinajstić information content (AvgIpc) is 2.56. The molecule has 24 heavy (non-hydrogen) atoms. The van der Waals surface area contributed by atoms with Crippen LogP contribution in [0.15, 0.2) is 48.7 Å². The number of alkyl halides is 2. The van der Waals surface area contributed by atoms with E-state index in [1.807, 2.05) is 0 Å². The van der Waals surface area contributed by atoms with Gasteiger partial charge in [-0.3, -0.25) is 9.78 Å². The molecule has 0 spiro atoms. The van der Waals surface area contributed by atoms with Gasteiger partial charge in [0.05, 0.1) is 6.10 Å². The number of halogens is 3. The summed E-state index contributed by atoms with van der Waals surface area (Å²) < 4.78 is 40.9. The molecule has 4 nitrogen and oxygen atoms in total. The molecule has 1 heterocycles. The van der Waals surface area contributed by atoms with E-state index in [-0.39, 0.29) is 6.42 Å². The molecule has 0 aliphatic heterocycles. The van der Waals surface area contributed by atoms with E-state index in [0.29, 0.717) is 5.56 Å². The summed E-state index contributed by atoms with van der Waals surface area (Å²) in [6, 6.07) is 8.37. The van der Waals surface area contributed by atoms with Gasteiger partial charge in [0.15, 0.2) is 0 Å². The number of hydrogen-bond donors (Lipinski definition) is 2. The molecule has 0 fully saturated rings. The Morgan fingerprint density at radius 2 is 1.92 bits per heavy atom. The fraction of sp³-hybridized carbons (Fsp3) is 0.294. The second kappa shape index (κ2) is 7.44. The van der Waals surface area contributed by atoms with E-state index in [2.05, 4.69) is 10.3 Å². The van der Waals surface area contributed by atoms with Crippen molar-refractivity contribution in [3.63, 3.8) is 0 Å². The quantitative estimate of drug-likeness (QED) is 0.851. The Labute approximate surface area is 137 Å². The maximum Gasteiger partial charge on any atom is 0.366 e. The Bertz CT molecular complexity index is 678. The molecule has 128 valence electrons. The molecule has 2 aromatic rings. The van der Waals surface area contributed by atoms with Crippen LogP contribution >= 0.6 is 0 Å². The zero-order valence-corrected chi connectivity index (χ0v) is 12.9. The van der Waals surface area contributed by atoms with Crippen molar-refractivity contribution >= 4 is 5.91 Å². The van der Waals surface area contributed by atoms with Gasteiger partial charge in [0.1, 0.15) is 11.5 Å². The number of nitrogens with zero attached hydrogens (tertiary/aromatic N) is 1. The third-order valence-electron chi connectivity index (χ3n) is 3.48. The van der Waals surface area contributed by atoms with Gasteiger partial charge in [0, 0.05) is 12.2 Å². The number of carbonyl (C=O) groups excluding carboxylic acids is 1. The van der Waals surface area contributed by atoms with Crippen LogP contribution < -0.4 is 5.32 Å². The molecule has 1 aromatic heterocycles. The van der Waals surface area contributed by atoms with Crippen LogP contribution in [0.1, 0.15) is 30.7 Å².